The van der Waals surface area contributed by atoms with Gasteiger partial charge in [0.15, 0.2) is 0 Å². The molecule has 0 aliphatic heterocycles. The Morgan fingerprint density at radius 2 is 1.86 bits per heavy atom. The number of pyridine rings is 1. The van der Waals surface area contributed by atoms with Gasteiger partial charge in [-0.25, -0.2) is 4.98 Å². The number of hydrogen-bond donors (Lipinski definition) is 0. The van der Waals surface area contributed by atoms with Gasteiger partial charge in [-0.05, 0) is 39.2 Å². The first kappa shape index (κ1) is 14.2. The van der Waals surface area contributed by atoms with Crippen LogP contribution in [0.1, 0.15) is 25.6 Å². The van der Waals surface area contributed by atoms with Gasteiger partial charge in [-0.3, -0.25) is 4.40 Å². The van der Waals surface area contributed by atoms with Crippen LogP contribution >= 0.6 is 27.3 Å². The van der Waals surface area contributed by atoms with E-state index < -0.39 is 0 Å². The minimum absolute atomic E-state index is 0.294. The van der Waals surface area contributed by atoms with Crippen LogP contribution in [0.25, 0.3) is 26.6 Å². The molecule has 4 aromatic rings. The number of imidazole rings is 1. The second-order valence-electron chi connectivity index (χ2n) is 6.95. The summed E-state index contributed by atoms with van der Waals surface area (Å²) < 4.78 is 3.25. The molecular weight excluding hydrogens is 356 g/mol. The molecule has 0 unspecified atom stereocenters. The fraction of sp³-hybridized carbons (Fsp3) is 0.278. The third-order valence-corrected chi connectivity index (χ3v) is 5.53. The Hall–Kier alpha value is -1.39. The van der Waals surface area contributed by atoms with Gasteiger partial charge in [0.2, 0.25) is 0 Å². The normalized spacial score (nSPS) is 12.7. The molecule has 0 amide bonds. The second-order valence-corrected chi connectivity index (χ2v) is 8.88. The average Bonchev–Trinajstić information content (AvgIpc) is 3.01. The first-order chi connectivity index (χ1) is 10.4. The zero-order valence-corrected chi connectivity index (χ0v) is 15.3. The molecule has 0 aliphatic rings. The van der Waals surface area contributed by atoms with Crippen molar-refractivity contribution in [2.75, 3.05) is 0 Å². The Morgan fingerprint density at radius 3 is 2.59 bits per heavy atom. The molecule has 3 heterocycles. The molecule has 0 fully saturated rings. The maximum atomic E-state index is 4.60. The Balaban J connectivity index is 2.15. The summed E-state index contributed by atoms with van der Waals surface area (Å²) in [5, 5.41) is 3.83. The molecule has 3 aromatic heterocycles. The predicted octanol–water partition coefficient (Wildman–Crippen LogP) is 6.05. The molecule has 0 atom stereocenters. The van der Waals surface area contributed by atoms with Crippen molar-refractivity contribution in [2.24, 2.45) is 5.41 Å². The lowest BCUT2D eigenvalue weighted by Gasteiger charge is -2.16. The minimum Gasteiger partial charge on any atom is -0.277 e. The van der Waals surface area contributed by atoms with Gasteiger partial charge < -0.3 is 0 Å². The van der Waals surface area contributed by atoms with Crippen molar-refractivity contribution in [3.8, 4) is 0 Å². The van der Waals surface area contributed by atoms with Crippen LogP contribution in [0.4, 0.5) is 0 Å². The summed E-state index contributed by atoms with van der Waals surface area (Å²) in [6, 6.07) is 10.9. The predicted molar refractivity (Wildman–Crippen MR) is 98.9 cm³/mol. The molecule has 2 nitrogen and oxygen atoms in total. The van der Waals surface area contributed by atoms with Crippen molar-refractivity contribution >= 4 is 53.9 Å². The van der Waals surface area contributed by atoms with E-state index in [1.54, 1.807) is 0 Å². The quantitative estimate of drug-likeness (QED) is 0.397. The highest BCUT2D eigenvalue weighted by Crippen LogP contribution is 2.37. The third-order valence-electron chi connectivity index (χ3n) is 3.85. The van der Waals surface area contributed by atoms with Crippen LogP contribution in [0.3, 0.4) is 0 Å². The zero-order chi connectivity index (χ0) is 15.5. The number of benzene rings is 1. The highest BCUT2D eigenvalue weighted by molar-refractivity contribution is 9.10. The third kappa shape index (κ3) is 2.17. The molecule has 22 heavy (non-hydrogen) atoms. The molecule has 4 heteroatoms. The first-order valence-corrected chi connectivity index (χ1v) is 9.01. The SMILES string of the molecule is CC(C)(C)Cc1cc2c3ccccc3c3ncc(Br)n3c2s1. The largest absolute Gasteiger partial charge is 0.277 e. The van der Waals surface area contributed by atoms with Crippen LogP contribution in [-0.2, 0) is 6.42 Å². The van der Waals surface area contributed by atoms with Crippen molar-refractivity contribution in [3.05, 3.63) is 46.0 Å². The summed E-state index contributed by atoms with van der Waals surface area (Å²) in [6.07, 6.45) is 2.98. The monoisotopic (exact) mass is 372 g/mol. The van der Waals surface area contributed by atoms with E-state index in [4.69, 9.17) is 0 Å². The van der Waals surface area contributed by atoms with Crippen LogP contribution < -0.4 is 0 Å². The first-order valence-electron chi connectivity index (χ1n) is 7.40. The van der Waals surface area contributed by atoms with E-state index in [1.165, 1.54) is 25.9 Å². The Kier molecular flexibility index (Phi) is 3.10. The fourth-order valence-electron chi connectivity index (χ4n) is 3.03. The Bertz CT molecular complexity index is 1000. The maximum absolute atomic E-state index is 4.60. The minimum atomic E-state index is 0.294. The van der Waals surface area contributed by atoms with E-state index >= 15 is 0 Å². The molecule has 0 saturated carbocycles. The molecule has 112 valence electrons. The van der Waals surface area contributed by atoms with Crippen molar-refractivity contribution in [1.29, 1.82) is 0 Å². The lowest BCUT2D eigenvalue weighted by Crippen LogP contribution is -2.07. The van der Waals surface area contributed by atoms with Gasteiger partial charge >= 0.3 is 0 Å². The lowest BCUT2D eigenvalue weighted by atomic mass is 9.91. The second kappa shape index (κ2) is 4.80. The van der Waals surface area contributed by atoms with Crippen LogP contribution in [0.15, 0.2) is 41.1 Å². The summed E-state index contributed by atoms with van der Waals surface area (Å²) in [6.45, 7) is 6.87. The summed E-state index contributed by atoms with van der Waals surface area (Å²) in [5.41, 5.74) is 1.32. The van der Waals surface area contributed by atoms with E-state index in [0.29, 0.717) is 5.41 Å². The molecule has 0 saturated heterocycles. The number of aromatic nitrogens is 2. The fourth-order valence-corrected chi connectivity index (χ4v) is 5.08. The van der Waals surface area contributed by atoms with Gasteiger partial charge in [-0.2, -0.15) is 0 Å². The van der Waals surface area contributed by atoms with Gasteiger partial charge in [0.25, 0.3) is 0 Å². The van der Waals surface area contributed by atoms with E-state index in [-0.39, 0.29) is 0 Å². The average molecular weight is 373 g/mol. The van der Waals surface area contributed by atoms with Crippen LogP contribution in [0, 0.1) is 5.41 Å². The molecule has 0 aliphatic carbocycles. The van der Waals surface area contributed by atoms with Crippen molar-refractivity contribution in [3.63, 3.8) is 0 Å². The van der Waals surface area contributed by atoms with Gasteiger partial charge in [0.1, 0.15) is 15.1 Å². The number of rotatable bonds is 1. The van der Waals surface area contributed by atoms with E-state index in [9.17, 15) is 0 Å². The number of hydrogen-bond acceptors (Lipinski definition) is 2. The molecule has 0 spiro atoms. The number of nitrogens with zero attached hydrogens (tertiary/aromatic N) is 2. The zero-order valence-electron chi connectivity index (χ0n) is 12.9. The highest BCUT2D eigenvalue weighted by Gasteiger charge is 2.18. The van der Waals surface area contributed by atoms with Gasteiger partial charge in [-0.1, -0.05) is 45.0 Å². The van der Waals surface area contributed by atoms with Crippen LogP contribution in [0.5, 0.6) is 0 Å². The highest BCUT2D eigenvalue weighted by atomic mass is 79.9. The van der Waals surface area contributed by atoms with Crippen LogP contribution in [0.2, 0.25) is 0 Å². The van der Waals surface area contributed by atoms with E-state index in [2.05, 4.69) is 76.4 Å². The van der Waals surface area contributed by atoms with Crippen molar-refractivity contribution < 1.29 is 0 Å². The van der Waals surface area contributed by atoms with Crippen molar-refractivity contribution in [2.45, 2.75) is 27.2 Å². The number of thiophene rings is 1. The number of halogens is 1. The molecule has 0 radical (unpaired) electrons. The smallest absolute Gasteiger partial charge is 0.146 e. The number of fused-ring (bicyclic) bond motifs is 6. The maximum Gasteiger partial charge on any atom is 0.146 e. The van der Waals surface area contributed by atoms with E-state index in [1.807, 2.05) is 17.5 Å². The summed E-state index contributed by atoms with van der Waals surface area (Å²) in [4.78, 5) is 7.31. The molecule has 1 aromatic carbocycles. The topological polar surface area (TPSA) is 17.3 Å². The van der Waals surface area contributed by atoms with Gasteiger partial charge in [0, 0.05) is 15.6 Å². The van der Waals surface area contributed by atoms with Crippen molar-refractivity contribution in [1.82, 2.24) is 9.38 Å². The Morgan fingerprint density at radius 1 is 1.14 bits per heavy atom. The lowest BCUT2D eigenvalue weighted by molar-refractivity contribution is 0.415. The summed E-state index contributed by atoms with van der Waals surface area (Å²) in [7, 11) is 0. The van der Waals surface area contributed by atoms with Gasteiger partial charge in [0.05, 0.1) is 6.20 Å². The summed E-state index contributed by atoms with van der Waals surface area (Å²) in [5.74, 6) is 0. The van der Waals surface area contributed by atoms with Gasteiger partial charge in [-0.15, -0.1) is 11.3 Å². The van der Waals surface area contributed by atoms with E-state index in [0.717, 1.165) is 16.7 Å². The summed E-state index contributed by atoms with van der Waals surface area (Å²) >= 11 is 5.53. The molecule has 0 bridgehead atoms. The Labute approximate surface area is 141 Å². The standard InChI is InChI=1S/C18H17BrN2S/c1-18(2,3)9-11-8-14-12-6-4-5-7-13(12)16-20-10-15(19)21(16)17(14)22-11/h4-8,10H,9H2,1-3H3. The van der Waals surface area contributed by atoms with Crippen LogP contribution in [-0.4, -0.2) is 9.38 Å². The molecule has 0 N–H and O–H groups in total. The molecule has 4 rings (SSSR count). The molecular formula is C18H17BrN2S.